The van der Waals surface area contributed by atoms with Gasteiger partial charge in [-0.1, -0.05) is 93.4 Å². The summed E-state index contributed by atoms with van der Waals surface area (Å²) in [4.78, 5) is 83.1. The van der Waals surface area contributed by atoms with Crippen LogP contribution in [0.25, 0.3) is 88.6 Å². The van der Waals surface area contributed by atoms with Gasteiger partial charge in [0.05, 0.1) is 67.1 Å². The van der Waals surface area contributed by atoms with Crippen molar-refractivity contribution in [3.63, 3.8) is 0 Å². The number of nitrogens with two attached hydrogens (primary N) is 4. The quantitative estimate of drug-likeness (QED) is 0.0265. The number of halogens is 4. The zero-order chi connectivity index (χ0) is 90.9. The van der Waals surface area contributed by atoms with Gasteiger partial charge in [0.1, 0.15) is 94.4 Å². The first-order chi connectivity index (χ1) is 62.8. The van der Waals surface area contributed by atoms with Gasteiger partial charge in [0.15, 0.2) is 0 Å². The molecule has 12 aromatic heterocycles. The van der Waals surface area contributed by atoms with Crippen LogP contribution in [0.3, 0.4) is 0 Å². The standard InChI is InChI=1S/C24H26FN7O2.C23H24FN7O2.C22H22FN7O2.C21H20FN7O2/c1-3-13(4-2)19-10-20(34-31-19)30-24(33)29-18-8-5-14(9-17(18)25)16-11-32(15-6-7-15)23-21(16)22(26)27-12-28-23;1-3-12(2)18-9-19(33-30-18)29-23(32)28-17-7-4-13(8-16(17)24)15-10-31(14-5-6-14)22-20(15)21(25)26-11-27-22;1-11(2)17-8-18(32-29-17)28-22(31)27-16-6-3-12(7-15(16)23)14-9-30(13-4-5-13)21-19(14)20(24)25-10-26-21;1-2-12-8-17(31-28-12)27-21(30)26-16-6-3-11(7-15(16)22)14-9-29(13-4-5-13)20-18(14)19(23)24-10-25-20/h5,8-13,15H,3-4,6-7H2,1-2H3,(H2,26,27,28)(H2,29,30,33);4,7-12,14H,3,5-6H2,1-2H3,(H2,25,26,27)(H2,28,29,32);3,6-11,13H,4-5H2,1-2H3,(H2,24,25,26)(H2,27,28,31);3,6-10,13H,2,4-5H2,1H3,(H2,23,24,25)(H2,26,27,30). The topological polar surface area (TPSA) is 496 Å². The second-order valence-corrected chi connectivity index (χ2v) is 32.5. The minimum absolute atomic E-state index is 0.0324. The van der Waals surface area contributed by atoms with Crippen molar-refractivity contribution in [3.8, 4) is 44.5 Å². The molecule has 16 N–H and O–H groups in total. The van der Waals surface area contributed by atoms with Gasteiger partial charge < -0.3 is 80.6 Å². The zero-order valence-corrected chi connectivity index (χ0v) is 71.6. The van der Waals surface area contributed by atoms with E-state index in [0.29, 0.717) is 109 Å². The molecule has 130 heavy (non-hydrogen) atoms. The Bertz CT molecular complexity index is 6950. The first-order valence-corrected chi connectivity index (χ1v) is 42.7. The highest BCUT2D eigenvalue weighted by atomic mass is 19.1. The molecule has 4 aliphatic carbocycles. The molecule has 40 heteroatoms. The van der Waals surface area contributed by atoms with Crippen molar-refractivity contribution in [2.24, 2.45) is 0 Å². The van der Waals surface area contributed by atoms with Gasteiger partial charge in [0.25, 0.3) is 0 Å². The van der Waals surface area contributed by atoms with Gasteiger partial charge in [-0.2, -0.15) is 0 Å². The third-order valence-corrected chi connectivity index (χ3v) is 23.0. The summed E-state index contributed by atoms with van der Waals surface area (Å²) < 4.78 is 88.3. The molecule has 0 aliphatic heterocycles. The van der Waals surface area contributed by atoms with Crippen LogP contribution in [-0.4, -0.2) is 103 Å². The lowest BCUT2D eigenvalue weighted by Crippen LogP contribution is -2.19. The fourth-order valence-electron chi connectivity index (χ4n) is 15.2. The van der Waals surface area contributed by atoms with E-state index in [1.54, 1.807) is 48.5 Å². The number of hydrogen-bond acceptors (Lipinski definition) is 24. The predicted octanol–water partition coefficient (Wildman–Crippen LogP) is 20.2. The molecule has 4 saturated carbocycles. The molecule has 8 amide bonds. The van der Waals surface area contributed by atoms with E-state index in [0.717, 1.165) is 127 Å². The van der Waals surface area contributed by atoms with E-state index in [4.69, 9.17) is 41.0 Å². The van der Waals surface area contributed by atoms with Crippen LogP contribution in [0, 0.1) is 23.3 Å². The summed E-state index contributed by atoms with van der Waals surface area (Å²) in [5.41, 5.74) is 36.1. The molecular weight excluding hydrogens is 1680 g/mol. The van der Waals surface area contributed by atoms with Crippen LogP contribution in [0.15, 0.2) is 165 Å². The number of aromatic nitrogens is 16. The highest BCUT2D eigenvalue weighted by Crippen LogP contribution is 2.48. The Morgan fingerprint density at radius 1 is 0.362 bits per heavy atom. The average Bonchev–Trinajstić information content (AvgIpc) is 1.61. The highest BCUT2D eigenvalue weighted by Gasteiger charge is 2.33. The molecule has 668 valence electrons. The zero-order valence-electron chi connectivity index (χ0n) is 71.6. The molecule has 1 atom stereocenters. The number of nitrogens with zero attached hydrogens (tertiary/aromatic N) is 16. The molecular formula is C90H92F4N28O8. The van der Waals surface area contributed by atoms with Crippen LogP contribution in [0.4, 0.5) is 106 Å². The molecule has 4 fully saturated rings. The minimum atomic E-state index is -0.633. The minimum Gasteiger partial charge on any atom is -0.383 e. The Morgan fingerprint density at radius 2 is 0.638 bits per heavy atom. The van der Waals surface area contributed by atoms with Crippen molar-refractivity contribution in [3.05, 3.63) is 193 Å². The van der Waals surface area contributed by atoms with Crippen LogP contribution in [0.2, 0.25) is 0 Å². The molecule has 0 saturated heterocycles. The summed E-state index contributed by atoms with van der Waals surface area (Å²) in [5.74, 6) is 0.481. The Balaban J connectivity index is 0.000000122. The van der Waals surface area contributed by atoms with Crippen molar-refractivity contribution in [2.45, 2.75) is 167 Å². The number of amides is 8. The van der Waals surface area contributed by atoms with Crippen molar-refractivity contribution >= 4 is 138 Å². The van der Waals surface area contributed by atoms with Gasteiger partial charge in [-0.15, -0.1) is 0 Å². The number of urea groups is 4. The van der Waals surface area contributed by atoms with Crippen LogP contribution in [0.5, 0.6) is 0 Å². The number of carbonyl (C=O) groups excluding carboxylic acids is 4. The summed E-state index contributed by atoms with van der Waals surface area (Å²) in [6.45, 7) is 14.0. The number of anilines is 12. The molecule has 4 aliphatic rings. The lowest BCUT2D eigenvalue weighted by Gasteiger charge is -2.08. The summed E-state index contributed by atoms with van der Waals surface area (Å²) in [7, 11) is 0. The monoisotopic (exact) mass is 1770 g/mol. The molecule has 1 unspecified atom stereocenters. The Kier molecular flexibility index (Phi) is 24.3. The van der Waals surface area contributed by atoms with Crippen LogP contribution in [0.1, 0.15) is 184 Å². The number of carbonyl (C=O) groups is 4. The van der Waals surface area contributed by atoms with Gasteiger partial charge >= 0.3 is 24.1 Å². The first kappa shape index (κ1) is 86.3. The van der Waals surface area contributed by atoms with Gasteiger partial charge in [0.2, 0.25) is 23.5 Å². The van der Waals surface area contributed by atoms with Crippen molar-refractivity contribution in [1.82, 2.24) is 78.8 Å². The fraction of sp³-hybridized carbons (Fsp3) is 0.289. The molecule has 12 heterocycles. The summed E-state index contributed by atoms with van der Waals surface area (Å²) in [6.07, 6.45) is 25.5. The van der Waals surface area contributed by atoms with Crippen LogP contribution < -0.4 is 65.5 Å². The van der Waals surface area contributed by atoms with E-state index >= 15 is 0 Å². The molecule has 4 aromatic carbocycles. The average molecular weight is 1770 g/mol. The molecule has 0 radical (unpaired) electrons. The van der Waals surface area contributed by atoms with Gasteiger partial charge in [-0.25, -0.2) is 76.6 Å². The third-order valence-electron chi connectivity index (χ3n) is 23.0. The number of aryl methyl sites for hydroxylation is 1. The van der Waals surface area contributed by atoms with Crippen LogP contribution in [-0.2, 0) is 6.42 Å². The van der Waals surface area contributed by atoms with Crippen LogP contribution >= 0.6 is 0 Å². The van der Waals surface area contributed by atoms with Gasteiger partial charge in [0, 0.05) is 107 Å². The normalized spacial score (nSPS) is 13.8. The SMILES string of the molecule is CC(C)c1cc(NC(=O)Nc2ccc(-c3cn(C4CC4)c4ncnc(N)c34)cc2F)on1.CCC(C)c1cc(NC(=O)Nc2ccc(-c3cn(C4CC4)c4ncnc(N)c34)cc2F)on1.CCC(CC)c1cc(NC(=O)Nc2ccc(-c3cn(C4CC4)c4ncnc(N)c34)cc2F)on1.CCc1cc(NC(=O)Nc2ccc(-c3cn(C4CC4)c4ncnc(N)c34)cc2F)on1. The molecule has 0 spiro atoms. The highest BCUT2D eigenvalue weighted by molar-refractivity contribution is 6.07. The van der Waals surface area contributed by atoms with E-state index in [9.17, 15) is 36.7 Å². The predicted molar refractivity (Wildman–Crippen MR) is 484 cm³/mol. The largest absolute Gasteiger partial charge is 0.383 e. The molecule has 16 aromatic rings. The Labute approximate surface area is 738 Å². The number of hydrogen-bond donors (Lipinski definition) is 12. The first-order valence-electron chi connectivity index (χ1n) is 42.7. The van der Waals surface area contributed by atoms with E-state index in [-0.39, 0.29) is 64.0 Å². The number of fused-ring (bicyclic) bond motifs is 4. The summed E-state index contributed by atoms with van der Waals surface area (Å²) >= 11 is 0. The molecule has 20 rings (SSSR count). The molecule has 36 nitrogen and oxygen atoms in total. The smallest absolute Gasteiger partial charge is 0.326 e. The lowest BCUT2D eigenvalue weighted by molar-refractivity contribution is 0.260. The Hall–Kier alpha value is -15.8. The number of nitrogens with one attached hydrogen (secondary N) is 8. The second kappa shape index (κ2) is 36.6. The maximum atomic E-state index is 15.0. The van der Waals surface area contributed by atoms with Gasteiger partial charge in [-0.3, -0.25) is 21.3 Å². The third kappa shape index (κ3) is 18.7. The number of benzene rings is 4. The van der Waals surface area contributed by atoms with Crippen molar-refractivity contribution in [1.29, 1.82) is 0 Å². The van der Waals surface area contributed by atoms with E-state index in [1.807, 2.05) is 59.4 Å². The Morgan fingerprint density at radius 3 is 0.900 bits per heavy atom. The lowest BCUT2D eigenvalue weighted by atomic mass is 10.00. The van der Waals surface area contributed by atoms with E-state index in [2.05, 4.69) is 135 Å². The fourth-order valence-corrected chi connectivity index (χ4v) is 15.2. The maximum absolute atomic E-state index is 15.0. The van der Waals surface area contributed by atoms with Crippen molar-refractivity contribution < 1.29 is 54.8 Å². The maximum Gasteiger partial charge on any atom is 0.326 e. The number of rotatable bonds is 23. The van der Waals surface area contributed by atoms with Crippen molar-refractivity contribution in [2.75, 3.05) is 65.5 Å². The molecule has 0 bridgehead atoms. The summed E-state index contributed by atoms with van der Waals surface area (Å²) in [5, 5.41) is 38.5. The number of nitrogen functional groups attached to an aromatic ring is 4. The van der Waals surface area contributed by atoms with Gasteiger partial charge in [-0.05, 0) is 154 Å². The van der Waals surface area contributed by atoms with E-state index in [1.165, 1.54) is 73.8 Å². The summed E-state index contributed by atoms with van der Waals surface area (Å²) in [6, 6.07) is 24.0. The second-order valence-electron chi connectivity index (χ2n) is 32.5. The van der Waals surface area contributed by atoms with E-state index < -0.39 is 47.4 Å².